The van der Waals surface area contributed by atoms with Crippen LogP contribution in [0.1, 0.15) is 0 Å². The predicted octanol–water partition coefficient (Wildman–Crippen LogP) is 2.53. The van der Waals surface area contributed by atoms with E-state index in [9.17, 15) is 4.79 Å². The van der Waals surface area contributed by atoms with Gasteiger partial charge in [-0.1, -0.05) is 22.0 Å². The third-order valence-electron chi connectivity index (χ3n) is 2.07. The number of hydrogen-bond acceptors (Lipinski definition) is 5. The van der Waals surface area contributed by atoms with Crippen molar-refractivity contribution >= 4 is 27.7 Å². The van der Waals surface area contributed by atoms with Crippen LogP contribution in [0, 0.1) is 0 Å². The molecule has 0 atom stereocenters. The molecule has 0 aliphatic heterocycles. The first-order chi connectivity index (χ1) is 9.13. The first-order valence-corrected chi connectivity index (χ1v) is 6.14. The van der Waals surface area contributed by atoms with Crippen LogP contribution >= 0.6 is 15.9 Å². The molecule has 1 heterocycles. The van der Waals surface area contributed by atoms with Gasteiger partial charge in [0.15, 0.2) is 0 Å². The Balaban J connectivity index is 2.00. The summed E-state index contributed by atoms with van der Waals surface area (Å²) in [6, 6.07) is 7.33. The summed E-state index contributed by atoms with van der Waals surface area (Å²) in [6.07, 6.45) is 2.83. The van der Waals surface area contributed by atoms with E-state index >= 15 is 0 Å². The Bertz CT molecular complexity index is 575. The lowest BCUT2D eigenvalue weighted by atomic mass is 10.3. The first kappa shape index (κ1) is 13.3. The number of rotatable bonds is 5. The molecule has 0 aliphatic rings. The number of aromatic nitrogens is 2. The van der Waals surface area contributed by atoms with Crippen molar-refractivity contribution in [2.75, 3.05) is 11.9 Å². The molecule has 6 nitrogen and oxygen atoms in total. The summed E-state index contributed by atoms with van der Waals surface area (Å²) in [5.74, 6) is 0.383. The van der Waals surface area contributed by atoms with Gasteiger partial charge in [-0.25, -0.2) is 9.97 Å². The van der Waals surface area contributed by atoms with E-state index in [1.807, 2.05) is 12.1 Å². The van der Waals surface area contributed by atoms with Gasteiger partial charge in [0.25, 0.3) is 0 Å². The predicted molar refractivity (Wildman–Crippen MR) is 72.4 cm³/mol. The van der Waals surface area contributed by atoms with Crippen molar-refractivity contribution in [1.29, 1.82) is 0 Å². The number of anilines is 1. The Kier molecular flexibility index (Phi) is 4.30. The maximum atomic E-state index is 10.4. The van der Waals surface area contributed by atoms with Crippen LogP contribution in [-0.4, -0.2) is 27.6 Å². The first-order valence-electron chi connectivity index (χ1n) is 5.34. The molecule has 0 bridgehead atoms. The molecule has 0 saturated heterocycles. The topological polar surface area (TPSA) is 84.3 Å². The molecule has 0 spiro atoms. The molecule has 0 unspecified atom stereocenters. The molecular weight excluding hydrogens is 314 g/mol. The van der Waals surface area contributed by atoms with Gasteiger partial charge in [-0.15, -0.1) is 0 Å². The maximum Gasteiger partial charge on any atom is 0.322 e. The normalized spacial score (nSPS) is 9.95. The minimum absolute atomic E-state index is 0.208. The third-order valence-corrected chi connectivity index (χ3v) is 2.56. The van der Waals surface area contributed by atoms with E-state index in [1.165, 1.54) is 12.4 Å². The number of carboxylic acids is 1. The van der Waals surface area contributed by atoms with Gasteiger partial charge in [-0.05, 0) is 18.2 Å². The number of halogens is 1. The summed E-state index contributed by atoms with van der Waals surface area (Å²) in [6.45, 7) is -0.208. The lowest BCUT2D eigenvalue weighted by Gasteiger charge is -2.06. The average molecular weight is 324 g/mol. The van der Waals surface area contributed by atoms with Crippen LogP contribution in [0.5, 0.6) is 11.6 Å². The molecule has 19 heavy (non-hydrogen) atoms. The number of ether oxygens (including phenoxy) is 1. The fraction of sp³-hybridized carbons (Fsp3) is 0.0833. The standard InChI is InChI=1S/C12H10BrN3O3/c13-8-2-1-3-9(4-8)19-11-6-14-10(5-16-11)15-7-12(17)18/h1-6H,7H2,(H,14,15)(H,17,18). The highest BCUT2D eigenvalue weighted by atomic mass is 79.9. The molecule has 2 N–H and O–H groups in total. The Labute approximate surface area is 117 Å². The SMILES string of the molecule is O=C(O)CNc1cnc(Oc2cccc(Br)c2)cn1. The van der Waals surface area contributed by atoms with E-state index in [-0.39, 0.29) is 6.54 Å². The van der Waals surface area contributed by atoms with Crippen LogP contribution < -0.4 is 10.1 Å². The van der Waals surface area contributed by atoms with Gasteiger partial charge in [-0.2, -0.15) is 0 Å². The molecule has 2 rings (SSSR count). The van der Waals surface area contributed by atoms with E-state index in [0.717, 1.165) is 4.47 Å². The van der Waals surface area contributed by atoms with Gasteiger partial charge < -0.3 is 15.2 Å². The summed E-state index contributed by atoms with van der Waals surface area (Å²) >= 11 is 3.34. The molecule has 2 aromatic rings. The highest BCUT2D eigenvalue weighted by molar-refractivity contribution is 9.10. The molecule has 0 amide bonds. The summed E-state index contributed by atoms with van der Waals surface area (Å²) in [5.41, 5.74) is 0. The van der Waals surface area contributed by atoms with Gasteiger partial charge in [0.1, 0.15) is 18.1 Å². The van der Waals surface area contributed by atoms with Crippen LogP contribution in [-0.2, 0) is 4.79 Å². The number of carboxylic acid groups (broad SMARTS) is 1. The molecule has 0 saturated carbocycles. The van der Waals surface area contributed by atoms with Crippen LogP contribution in [0.4, 0.5) is 5.82 Å². The third kappa shape index (κ3) is 4.22. The fourth-order valence-electron chi connectivity index (χ4n) is 1.28. The van der Waals surface area contributed by atoms with Gasteiger partial charge in [0.2, 0.25) is 5.88 Å². The van der Waals surface area contributed by atoms with Gasteiger partial charge >= 0.3 is 5.97 Å². The Morgan fingerprint density at radius 3 is 2.84 bits per heavy atom. The van der Waals surface area contributed by atoms with Crippen LogP contribution in [0.25, 0.3) is 0 Å². The number of hydrogen-bond donors (Lipinski definition) is 2. The summed E-state index contributed by atoms with van der Waals surface area (Å²) in [5, 5.41) is 11.1. The summed E-state index contributed by atoms with van der Waals surface area (Å²) < 4.78 is 6.39. The lowest BCUT2D eigenvalue weighted by Crippen LogP contribution is -2.13. The van der Waals surface area contributed by atoms with E-state index in [0.29, 0.717) is 17.4 Å². The number of aliphatic carboxylic acids is 1. The van der Waals surface area contributed by atoms with Crippen LogP contribution in [0.15, 0.2) is 41.1 Å². The minimum atomic E-state index is -0.962. The van der Waals surface area contributed by atoms with Gasteiger partial charge in [0, 0.05) is 4.47 Å². The number of nitrogens with one attached hydrogen (secondary N) is 1. The zero-order chi connectivity index (χ0) is 13.7. The van der Waals surface area contributed by atoms with Crippen molar-refractivity contribution in [1.82, 2.24) is 9.97 Å². The molecule has 1 aromatic heterocycles. The van der Waals surface area contributed by atoms with E-state index < -0.39 is 5.97 Å². The minimum Gasteiger partial charge on any atom is -0.480 e. The van der Waals surface area contributed by atoms with E-state index in [2.05, 4.69) is 31.2 Å². The van der Waals surface area contributed by atoms with Crippen molar-refractivity contribution in [2.45, 2.75) is 0 Å². The monoisotopic (exact) mass is 323 g/mol. The number of carbonyl (C=O) groups is 1. The van der Waals surface area contributed by atoms with Gasteiger partial charge in [0.05, 0.1) is 12.4 Å². The zero-order valence-electron chi connectivity index (χ0n) is 9.71. The average Bonchev–Trinajstić information content (AvgIpc) is 2.38. The smallest absolute Gasteiger partial charge is 0.322 e. The van der Waals surface area contributed by atoms with Crippen molar-refractivity contribution < 1.29 is 14.6 Å². The molecular formula is C12H10BrN3O3. The summed E-state index contributed by atoms with van der Waals surface area (Å²) in [4.78, 5) is 18.4. The van der Waals surface area contributed by atoms with Crippen molar-refractivity contribution in [3.8, 4) is 11.6 Å². The summed E-state index contributed by atoms with van der Waals surface area (Å²) in [7, 11) is 0. The molecule has 0 aliphatic carbocycles. The largest absolute Gasteiger partial charge is 0.480 e. The van der Waals surface area contributed by atoms with E-state index in [1.54, 1.807) is 12.1 Å². The zero-order valence-corrected chi connectivity index (χ0v) is 11.3. The van der Waals surface area contributed by atoms with Crippen molar-refractivity contribution in [2.24, 2.45) is 0 Å². The van der Waals surface area contributed by atoms with Crippen molar-refractivity contribution in [3.05, 3.63) is 41.1 Å². The van der Waals surface area contributed by atoms with Crippen LogP contribution in [0.2, 0.25) is 0 Å². The molecule has 98 valence electrons. The second kappa shape index (κ2) is 6.14. The molecule has 1 aromatic carbocycles. The second-order valence-corrected chi connectivity index (χ2v) is 4.46. The quantitative estimate of drug-likeness (QED) is 0.879. The number of benzene rings is 1. The second-order valence-electron chi connectivity index (χ2n) is 3.55. The fourth-order valence-corrected chi connectivity index (χ4v) is 1.66. The van der Waals surface area contributed by atoms with Crippen LogP contribution in [0.3, 0.4) is 0 Å². The van der Waals surface area contributed by atoms with Crippen molar-refractivity contribution in [3.63, 3.8) is 0 Å². The highest BCUT2D eigenvalue weighted by Crippen LogP contribution is 2.22. The van der Waals surface area contributed by atoms with E-state index in [4.69, 9.17) is 9.84 Å². The Morgan fingerprint density at radius 2 is 2.21 bits per heavy atom. The number of nitrogens with zero attached hydrogens (tertiary/aromatic N) is 2. The molecule has 0 radical (unpaired) electrons. The highest BCUT2D eigenvalue weighted by Gasteiger charge is 2.02. The van der Waals surface area contributed by atoms with Gasteiger partial charge in [-0.3, -0.25) is 4.79 Å². The Hall–Kier alpha value is -2.15. The Morgan fingerprint density at radius 1 is 1.37 bits per heavy atom. The maximum absolute atomic E-state index is 10.4. The molecule has 0 fully saturated rings. The molecule has 7 heteroatoms. The lowest BCUT2D eigenvalue weighted by molar-refractivity contribution is -0.134.